The lowest BCUT2D eigenvalue weighted by Gasteiger charge is -2.25. The number of anilines is 1. The van der Waals surface area contributed by atoms with Crippen molar-refractivity contribution in [1.82, 2.24) is 0 Å². The van der Waals surface area contributed by atoms with Crippen molar-refractivity contribution >= 4 is 11.6 Å². The summed E-state index contributed by atoms with van der Waals surface area (Å²) in [7, 11) is 0. The Kier molecular flexibility index (Phi) is 5.03. The van der Waals surface area contributed by atoms with Crippen LogP contribution in [0.2, 0.25) is 0 Å². The zero-order valence-electron chi connectivity index (χ0n) is 10.4. The molecule has 0 aliphatic rings. The Morgan fingerprint density at radius 2 is 1.69 bits per heavy atom. The van der Waals surface area contributed by atoms with E-state index in [1.807, 2.05) is 42.2 Å². The molecule has 1 aromatic rings. The minimum Gasteiger partial charge on any atom is -0.312 e. The van der Waals surface area contributed by atoms with Gasteiger partial charge in [-0.3, -0.25) is 4.79 Å². The average molecular weight is 219 g/mol. The fourth-order valence-corrected chi connectivity index (χ4v) is 1.93. The van der Waals surface area contributed by atoms with Gasteiger partial charge in [0.25, 0.3) is 0 Å². The predicted octanol–water partition coefficient (Wildman–Crippen LogP) is 3.48. The molecule has 0 aromatic heterocycles. The van der Waals surface area contributed by atoms with Gasteiger partial charge in [-0.2, -0.15) is 0 Å². The zero-order valence-corrected chi connectivity index (χ0v) is 10.4. The van der Waals surface area contributed by atoms with Gasteiger partial charge in [0.05, 0.1) is 0 Å². The van der Waals surface area contributed by atoms with Crippen LogP contribution >= 0.6 is 0 Å². The number of hydrogen-bond acceptors (Lipinski definition) is 1. The second-order valence-corrected chi connectivity index (χ2v) is 3.93. The summed E-state index contributed by atoms with van der Waals surface area (Å²) in [5.41, 5.74) is 1.00. The van der Waals surface area contributed by atoms with Crippen LogP contribution in [0.4, 0.5) is 5.69 Å². The molecule has 0 spiro atoms. The van der Waals surface area contributed by atoms with Gasteiger partial charge in [-0.25, -0.2) is 0 Å². The molecule has 16 heavy (non-hydrogen) atoms. The van der Waals surface area contributed by atoms with Crippen LogP contribution in [0.25, 0.3) is 0 Å². The highest BCUT2D eigenvalue weighted by Crippen LogP contribution is 2.19. The third-order valence-electron chi connectivity index (χ3n) is 2.98. The molecule has 0 N–H and O–H groups in total. The summed E-state index contributed by atoms with van der Waals surface area (Å²) >= 11 is 0. The molecule has 0 radical (unpaired) electrons. The van der Waals surface area contributed by atoms with Crippen LogP contribution in [0.5, 0.6) is 0 Å². The van der Waals surface area contributed by atoms with E-state index in [2.05, 4.69) is 13.8 Å². The first-order valence-corrected chi connectivity index (χ1v) is 6.10. The molecule has 0 atom stereocenters. The first-order valence-electron chi connectivity index (χ1n) is 6.10. The molecule has 88 valence electrons. The van der Waals surface area contributed by atoms with E-state index in [0.29, 0.717) is 0 Å². The highest BCUT2D eigenvalue weighted by Gasteiger charge is 2.21. The van der Waals surface area contributed by atoms with E-state index in [4.69, 9.17) is 0 Å². The van der Waals surface area contributed by atoms with Crippen LogP contribution < -0.4 is 4.90 Å². The summed E-state index contributed by atoms with van der Waals surface area (Å²) in [5, 5.41) is 0. The molecule has 2 nitrogen and oxygen atoms in total. The Balaban J connectivity index is 2.86. The maximum Gasteiger partial charge on any atom is 0.230 e. The zero-order chi connectivity index (χ0) is 12.0. The molecule has 0 bridgehead atoms. The fourth-order valence-electron chi connectivity index (χ4n) is 1.93. The van der Waals surface area contributed by atoms with Crippen LogP contribution in [0, 0.1) is 5.92 Å². The Morgan fingerprint density at radius 1 is 1.12 bits per heavy atom. The Morgan fingerprint density at radius 3 is 2.12 bits per heavy atom. The number of carbonyl (C=O) groups is 1. The number of carbonyl (C=O) groups excluding carboxylic acids is 1. The van der Waals surface area contributed by atoms with Gasteiger partial charge in [-0.15, -0.1) is 0 Å². The summed E-state index contributed by atoms with van der Waals surface area (Å²) in [5.74, 6) is 0.402. The third kappa shape index (κ3) is 2.84. The van der Waals surface area contributed by atoms with Gasteiger partial charge in [-0.05, 0) is 31.9 Å². The molecule has 0 saturated heterocycles. The monoisotopic (exact) mass is 219 g/mol. The Labute approximate surface area is 98.3 Å². The van der Waals surface area contributed by atoms with Crippen molar-refractivity contribution in [3.05, 3.63) is 30.3 Å². The van der Waals surface area contributed by atoms with Crippen LogP contribution in [-0.4, -0.2) is 12.5 Å². The van der Waals surface area contributed by atoms with Crippen molar-refractivity contribution < 1.29 is 4.79 Å². The minimum absolute atomic E-state index is 0.153. The number of para-hydroxylation sites is 1. The van der Waals surface area contributed by atoms with E-state index in [1.54, 1.807) is 0 Å². The van der Waals surface area contributed by atoms with Crippen LogP contribution in [-0.2, 0) is 4.79 Å². The normalized spacial score (nSPS) is 10.5. The van der Waals surface area contributed by atoms with Gasteiger partial charge in [0.2, 0.25) is 5.91 Å². The molecule has 1 aromatic carbocycles. The van der Waals surface area contributed by atoms with Gasteiger partial charge >= 0.3 is 0 Å². The molecular weight excluding hydrogens is 198 g/mol. The fraction of sp³-hybridized carbons (Fsp3) is 0.500. The molecule has 0 fully saturated rings. The van der Waals surface area contributed by atoms with Crippen LogP contribution in [0.15, 0.2) is 30.3 Å². The van der Waals surface area contributed by atoms with Crippen molar-refractivity contribution in [2.24, 2.45) is 5.92 Å². The summed E-state index contributed by atoms with van der Waals surface area (Å²) in [4.78, 5) is 14.1. The molecule has 1 rings (SSSR count). The predicted molar refractivity (Wildman–Crippen MR) is 68.5 cm³/mol. The lowest BCUT2D eigenvalue weighted by molar-refractivity contribution is -0.122. The quantitative estimate of drug-likeness (QED) is 0.742. The number of nitrogens with zero attached hydrogens (tertiary/aromatic N) is 1. The smallest absolute Gasteiger partial charge is 0.230 e. The van der Waals surface area contributed by atoms with E-state index < -0.39 is 0 Å². The summed E-state index contributed by atoms with van der Waals surface area (Å²) in [6.07, 6.45) is 1.83. The summed E-state index contributed by atoms with van der Waals surface area (Å²) < 4.78 is 0. The third-order valence-corrected chi connectivity index (χ3v) is 2.98. The second-order valence-electron chi connectivity index (χ2n) is 3.93. The largest absolute Gasteiger partial charge is 0.312 e. The number of hydrogen-bond donors (Lipinski definition) is 0. The molecule has 0 aliphatic heterocycles. The van der Waals surface area contributed by atoms with Crippen molar-refractivity contribution in [2.45, 2.75) is 33.6 Å². The van der Waals surface area contributed by atoms with Crippen LogP contribution in [0.3, 0.4) is 0 Å². The van der Waals surface area contributed by atoms with Crippen molar-refractivity contribution in [3.63, 3.8) is 0 Å². The standard InChI is InChI=1S/C14H21NO/c1-4-12(5-2)14(16)15(6-3)13-10-8-7-9-11-13/h7-12H,4-6H2,1-3H3. The number of benzene rings is 1. The minimum atomic E-state index is 0.153. The maximum absolute atomic E-state index is 12.3. The van der Waals surface area contributed by atoms with Gasteiger partial charge in [0, 0.05) is 18.2 Å². The SMILES string of the molecule is CCC(CC)C(=O)N(CC)c1ccccc1. The molecule has 0 saturated carbocycles. The molecular formula is C14H21NO. The highest BCUT2D eigenvalue weighted by atomic mass is 16.2. The van der Waals surface area contributed by atoms with Crippen molar-refractivity contribution in [3.8, 4) is 0 Å². The highest BCUT2D eigenvalue weighted by molar-refractivity contribution is 5.94. The lowest BCUT2D eigenvalue weighted by Crippen LogP contribution is -2.35. The van der Waals surface area contributed by atoms with Crippen molar-refractivity contribution in [1.29, 1.82) is 0 Å². The first kappa shape index (κ1) is 12.8. The van der Waals surface area contributed by atoms with Gasteiger partial charge in [-0.1, -0.05) is 32.0 Å². The van der Waals surface area contributed by atoms with Gasteiger partial charge in [0.1, 0.15) is 0 Å². The average Bonchev–Trinajstić information content (AvgIpc) is 2.33. The molecule has 0 aliphatic carbocycles. The molecule has 0 heterocycles. The summed E-state index contributed by atoms with van der Waals surface area (Å²) in [6, 6.07) is 9.89. The van der Waals surface area contributed by atoms with Gasteiger partial charge < -0.3 is 4.90 Å². The Bertz CT molecular complexity index is 317. The molecule has 1 amide bonds. The van der Waals surface area contributed by atoms with E-state index in [-0.39, 0.29) is 11.8 Å². The second kappa shape index (κ2) is 6.31. The lowest BCUT2D eigenvalue weighted by atomic mass is 10.0. The van der Waals surface area contributed by atoms with E-state index in [9.17, 15) is 4.79 Å². The number of rotatable bonds is 5. The van der Waals surface area contributed by atoms with E-state index in [0.717, 1.165) is 25.1 Å². The first-order chi connectivity index (χ1) is 7.74. The summed E-state index contributed by atoms with van der Waals surface area (Å²) in [6.45, 7) is 6.91. The number of amides is 1. The van der Waals surface area contributed by atoms with Crippen LogP contribution in [0.1, 0.15) is 33.6 Å². The molecule has 0 unspecified atom stereocenters. The van der Waals surface area contributed by atoms with E-state index in [1.165, 1.54) is 0 Å². The van der Waals surface area contributed by atoms with E-state index >= 15 is 0 Å². The topological polar surface area (TPSA) is 20.3 Å². The Hall–Kier alpha value is -1.31. The van der Waals surface area contributed by atoms with Gasteiger partial charge in [0.15, 0.2) is 0 Å². The maximum atomic E-state index is 12.3. The molecule has 2 heteroatoms. The van der Waals surface area contributed by atoms with Crippen molar-refractivity contribution in [2.75, 3.05) is 11.4 Å².